The number of aryl methyl sites for hydroxylation is 1. The summed E-state index contributed by atoms with van der Waals surface area (Å²) in [6.45, 7) is 1.83. The molecule has 0 bridgehead atoms. The van der Waals surface area contributed by atoms with Crippen molar-refractivity contribution in [3.8, 4) is 23.0 Å². The van der Waals surface area contributed by atoms with E-state index in [0.29, 0.717) is 11.6 Å². The zero-order chi connectivity index (χ0) is 22.0. The Hall–Kier alpha value is -3.65. The van der Waals surface area contributed by atoms with Gasteiger partial charge in [-0.1, -0.05) is 48.0 Å². The van der Waals surface area contributed by atoms with Gasteiger partial charge in [0.2, 0.25) is 15.7 Å². The lowest BCUT2D eigenvalue weighted by molar-refractivity contribution is 0.411. The summed E-state index contributed by atoms with van der Waals surface area (Å²) in [4.78, 5) is 8.09. The van der Waals surface area contributed by atoms with Gasteiger partial charge in [0.05, 0.1) is 11.1 Å². The molecule has 4 aromatic rings. The van der Waals surface area contributed by atoms with Crippen LogP contribution in [0.1, 0.15) is 5.56 Å². The van der Waals surface area contributed by atoms with E-state index < -0.39 is 21.5 Å². The van der Waals surface area contributed by atoms with Crippen molar-refractivity contribution in [2.75, 3.05) is 0 Å². The third kappa shape index (κ3) is 4.29. The maximum atomic E-state index is 14.2. The highest BCUT2D eigenvalue weighted by atomic mass is 32.2. The minimum atomic E-state index is -4.07. The van der Waals surface area contributed by atoms with Gasteiger partial charge in [0.25, 0.3) is 0 Å². The Bertz CT molecular complexity index is 1340. The third-order valence-corrected chi connectivity index (χ3v) is 6.23. The van der Waals surface area contributed by atoms with Crippen LogP contribution in [0.15, 0.2) is 88.8 Å². The average Bonchev–Trinajstić information content (AvgIpc) is 2.76. The Morgan fingerprint density at radius 3 is 2.29 bits per heavy atom. The van der Waals surface area contributed by atoms with Crippen molar-refractivity contribution in [3.05, 3.63) is 96.2 Å². The molecule has 1 aromatic heterocycles. The first-order valence-electron chi connectivity index (χ1n) is 9.22. The quantitative estimate of drug-likeness (QED) is 0.420. The lowest BCUT2D eigenvalue weighted by Crippen LogP contribution is -2.08. The van der Waals surface area contributed by atoms with Crippen LogP contribution in [0.2, 0.25) is 0 Å². The van der Waals surface area contributed by atoms with E-state index in [1.165, 1.54) is 12.1 Å². The van der Waals surface area contributed by atoms with E-state index in [1.807, 2.05) is 13.0 Å². The standard InChI is InChI=1S/C23H16F2N2O3S/c1-15-7-10-18(11-8-15)31(28,29)21-14-26-22(16-5-3-2-4-6-16)27-23(21)30-20-12-9-17(24)13-19(20)25/h2-14H,1H3. The molecule has 156 valence electrons. The van der Waals surface area contributed by atoms with Crippen molar-refractivity contribution in [2.45, 2.75) is 16.7 Å². The second kappa shape index (κ2) is 8.23. The van der Waals surface area contributed by atoms with E-state index in [1.54, 1.807) is 36.4 Å². The van der Waals surface area contributed by atoms with Gasteiger partial charge in [-0.05, 0) is 31.2 Å². The summed E-state index contributed by atoms with van der Waals surface area (Å²) in [7, 11) is -4.07. The van der Waals surface area contributed by atoms with Crippen LogP contribution in [0.25, 0.3) is 11.4 Å². The second-order valence-corrected chi connectivity index (χ2v) is 8.64. The van der Waals surface area contributed by atoms with Gasteiger partial charge < -0.3 is 4.74 Å². The van der Waals surface area contributed by atoms with Crippen LogP contribution in [0.5, 0.6) is 11.6 Å². The number of hydrogen-bond acceptors (Lipinski definition) is 5. The summed E-state index contributed by atoms with van der Waals surface area (Å²) in [5, 5.41) is 0. The number of benzene rings is 3. The molecule has 0 unspecified atom stereocenters. The monoisotopic (exact) mass is 438 g/mol. The van der Waals surface area contributed by atoms with Crippen molar-refractivity contribution in [1.29, 1.82) is 0 Å². The molecule has 0 saturated carbocycles. The largest absolute Gasteiger partial charge is 0.434 e. The number of nitrogens with zero attached hydrogens (tertiary/aromatic N) is 2. The molecular weight excluding hydrogens is 422 g/mol. The molecule has 0 spiro atoms. The van der Waals surface area contributed by atoms with Gasteiger partial charge in [0, 0.05) is 11.6 Å². The molecule has 0 N–H and O–H groups in total. The van der Waals surface area contributed by atoms with Gasteiger partial charge in [-0.2, -0.15) is 4.98 Å². The first-order valence-corrected chi connectivity index (χ1v) is 10.7. The Labute approximate surface area is 177 Å². The van der Waals surface area contributed by atoms with E-state index >= 15 is 0 Å². The second-order valence-electron chi connectivity index (χ2n) is 6.72. The lowest BCUT2D eigenvalue weighted by atomic mass is 10.2. The van der Waals surface area contributed by atoms with Crippen LogP contribution in [0.3, 0.4) is 0 Å². The fourth-order valence-electron chi connectivity index (χ4n) is 2.85. The number of halogens is 2. The molecule has 31 heavy (non-hydrogen) atoms. The normalized spacial score (nSPS) is 11.3. The van der Waals surface area contributed by atoms with Crippen LogP contribution in [-0.4, -0.2) is 18.4 Å². The number of rotatable bonds is 5. The van der Waals surface area contributed by atoms with Gasteiger partial charge >= 0.3 is 0 Å². The minimum absolute atomic E-state index is 0.0126. The zero-order valence-corrected chi connectivity index (χ0v) is 17.1. The summed E-state index contributed by atoms with van der Waals surface area (Å²) in [6, 6.07) is 17.8. The number of aromatic nitrogens is 2. The molecule has 4 rings (SSSR count). The molecule has 5 nitrogen and oxygen atoms in total. The molecule has 1 heterocycles. The molecule has 0 amide bonds. The average molecular weight is 438 g/mol. The fourth-order valence-corrected chi connectivity index (χ4v) is 4.10. The van der Waals surface area contributed by atoms with E-state index in [2.05, 4.69) is 9.97 Å². The zero-order valence-electron chi connectivity index (χ0n) is 16.3. The fraction of sp³-hybridized carbons (Fsp3) is 0.0435. The number of ether oxygens (including phenoxy) is 1. The van der Waals surface area contributed by atoms with Crippen LogP contribution in [0.4, 0.5) is 8.78 Å². The Balaban J connectivity index is 1.87. The van der Waals surface area contributed by atoms with Crippen molar-refractivity contribution in [1.82, 2.24) is 9.97 Å². The molecule has 0 fully saturated rings. The van der Waals surface area contributed by atoms with Crippen molar-refractivity contribution in [2.24, 2.45) is 0 Å². The highest BCUT2D eigenvalue weighted by Gasteiger charge is 2.26. The Morgan fingerprint density at radius 2 is 1.61 bits per heavy atom. The van der Waals surface area contributed by atoms with Crippen LogP contribution in [-0.2, 0) is 9.84 Å². The van der Waals surface area contributed by atoms with Gasteiger partial charge in [0.15, 0.2) is 22.3 Å². The number of sulfone groups is 1. The van der Waals surface area contributed by atoms with Gasteiger partial charge in [-0.25, -0.2) is 22.2 Å². The SMILES string of the molecule is Cc1ccc(S(=O)(=O)c2cnc(-c3ccccc3)nc2Oc2ccc(F)cc2F)cc1. The molecule has 0 aliphatic carbocycles. The third-order valence-electron chi connectivity index (χ3n) is 4.48. The predicted molar refractivity (Wildman–Crippen MR) is 111 cm³/mol. The van der Waals surface area contributed by atoms with Gasteiger partial charge in [-0.3, -0.25) is 0 Å². The van der Waals surface area contributed by atoms with E-state index in [4.69, 9.17) is 4.74 Å². The smallest absolute Gasteiger partial charge is 0.242 e. The molecule has 0 saturated heterocycles. The first kappa shape index (κ1) is 20.6. The van der Waals surface area contributed by atoms with Crippen LogP contribution >= 0.6 is 0 Å². The molecule has 0 aliphatic heterocycles. The van der Waals surface area contributed by atoms with Crippen LogP contribution < -0.4 is 4.74 Å². The molecule has 0 aliphatic rings. The Morgan fingerprint density at radius 1 is 0.903 bits per heavy atom. The highest BCUT2D eigenvalue weighted by molar-refractivity contribution is 7.91. The molecule has 3 aromatic carbocycles. The highest BCUT2D eigenvalue weighted by Crippen LogP contribution is 2.33. The first-order chi connectivity index (χ1) is 14.8. The predicted octanol–water partition coefficient (Wildman–Crippen LogP) is 5.36. The summed E-state index contributed by atoms with van der Waals surface area (Å²) in [6.07, 6.45) is 1.13. The lowest BCUT2D eigenvalue weighted by Gasteiger charge is -2.13. The molecular formula is C23H16F2N2O3S. The Kier molecular flexibility index (Phi) is 5.48. The van der Waals surface area contributed by atoms with Crippen molar-refractivity contribution < 1.29 is 21.9 Å². The summed E-state index contributed by atoms with van der Waals surface area (Å²) < 4.78 is 59.5. The summed E-state index contributed by atoms with van der Waals surface area (Å²) in [5.41, 5.74) is 1.51. The van der Waals surface area contributed by atoms with Gasteiger partial charge in [-0.15, -0.1) is 0 Å². The minimum Gasteiger partial charge on any atom is -0.434 e. The topological polar surface area (TPSA) is 69.2 Å². The molecule has 8 heteroatoms. The van der Waals surface area contributed by atoms with Crippen LogP contribution in [0, 0.1) is 18.6 Å². The van der Waals surface area contributed by atoms with Gasteiger partial charge in [0.1, 0.15) is 5.82 Å². The molecule has 0 atom stereocenters. The van der Waals surface area contributed by atoms with E-state index in [9.17, 15) is 17.2 Å². The summed E-state index contributed by atoms with van der Waals surface area (Å²) in [5.74, 6) is -2.30. The maximum Gasteiger partial charge on any atom is 0.242 e. The summed E-state index contributed by atoms with van der Waals surface area (Å²) >= 11 is 0. The van der Waals surface area contributed by atoms with E-state index in [0.717, 1.165) is 23.9 Å². The maximum absolute atomic E-state index is 14.2. The molecule has 0 radical (unpaired) electrons. The van der Waals surface area contributed by atoms with E-state index in [-0.39, 0.29) is 27.2 Å². The number of hydrogen-bond donors (Lipinski definition) is 0. The van der Waals surface area contributed by atoms with Crippen molar-refractivity contribution in [3.63, 3.8) is 0 Å². The van der Waals surface area contributed by atoms with Crippen molar-refractivity contribution >= 4 is 9.84 Å².